The fraction of sp³-hybridized carbons (Fsp3) is 0.200. The number of ether oxygens (including phenoxy) is 2. The van der Waals surface area contributed by atoms with Crippen LogP contribution in [0.25, 0.3) is 33.0 Å². The molecule has 0 fully saturated rings. The SMILES string of the molecule is COc1ccc2c(c(C3=C(c4c[nH]c5ccccc45)C(=O)NC3=O)cn2CC(O)CO)c1OC. The van der Waals surface area contributed by atoms with Gasteiger partial charge in [0.15, 0.2) is 11.5 Å². The number of hydrogen-bond donors (Lipinski definition) is 4. The molecule has 1 aliphatic rings. The molecule has 4 aromatic rings. The van der Waals surface area contributed by atoms with Crippen LogP contribution in [0, 0.1) is 0 Å². The maximum absolute atomic E-state index is 13.1. The first-order valence-electron chi connectivity index (χ1n) is 10.7. The van der Waals surface area contributed by atoms with E-state index in [1.165, 1.54) is 14.2 Å². The second-order valence-corrected chi connectivity index (χ2v) is 8.01. The number of amides is 2. The van der Waals surface area contributed by atoms with Crippen molar-refractivity contribution in [3.05, 3.63) is 59.9 Å². The van der Waals surface area contributed by atoms with E-state index in [4.69, 9.17) is 9.47 Å². The minimum Gasteiger partial charge on any atom is -0.493 e. The van der Waals surface area contributed by atoms with Crippen LogP contribution in [0.4, 0.5) is 0 Å². The first-order valence-corrected chi connectivity index (χ1v) is 10.7. The normalized spacial score (nSPS) is 14.8. The molecule has 4 N–H and O–H groups in total. The number of aromatic amines is 1. The van der Waals surface area contributed by atoms with Crippen LogP contribution in [0.3, 0.4) is 0 Å². The van der Waals surface area contributed by atoms with Gasteiger partial charge in [-0.3, -0.25) is 14.9 Å². The maximum Gasteiger partial charge on any atom is 0.259 e. The van der Waals surface area contributed by atoms with Crippen molar-refractivity contribution < 1.29 is 29.3 Å². The number of H-pyrrole nitrogens is 1. The van der Waals surface area contributed by atoms with Gasteiger partial charge in [-0.05, 0) is 18.2 Å². The van der Waals surface area contributed by atoms with Gasteiger partial charge in [-0.1, -0.05) is 18.2 Å². The Morgan fingerprint density at radius 2 is 1.74 bits per heavy atom. The van der Waals surface area contributed by atoms with Crippen LogP contribution in [0.5, 0.6) is 11.5 Å². The van der Waals surface area contributed by atoms with Crippen molar-refractivity contribution in [2.45, 2.75) is 12.6 Å². The molecule has 0 spiro atoms. The van der Waals surface area contributed by atoms with Crippen LogP contribution in [0.15, 0.2) is 48.8 Å². The molecule has 34 heavy (non-hydrogen) atoms. The number of rotatable bonds is 7. The number of nitrogens with zero attached hydrogens (tertiary/aromatic N) is 1. The zero-order chi connectivity index (χ0) is 24.0. The summed E-state index contributed by atoms with van der Waals surface area (Å²) in [4.78, 5) is 29.3. The zero-order valence-electron chi connectivity index (χ0n) is 18.6. The number of methoxy groups -OCH3 is 2. The van der Waals surface area contributed by atoms with Gasteiger partial charge >= 0.3 is 0 Å². The smallest absolute Gasteiger partial charge is 0.259 e. The fourth-order valence-electron chi connectivity index (χ4n) is 4.58. The van der Waals surface area contributed by atoms with Crippen molar-refractivity contribution >= 4 is 44.8 Å². The molecule has 174 valence electrons. The molecule has 1 aliphatic heterocycles. The molecule has 1 atom stereocenters. The summed E-state index contributed by atoms with van der Waals surface area (Å²) in [6.45, 7) is -0.349. The second-order valence-electron chi connectivity index (χ2n) is 8.01. The number of aliphatic hydroxyl groups excluding tert-OH is 2. The van der Waals surface area contributed by atoms with Crippen molar-refractivity contribution in [1.29, 1.82) is 0 Å². The number of benzene rings is 2. The molecule has 9 heteroatoms. The number of fused-ring (bicyclic) bond motifs is 2. The number of hydrogen-bond acceptors (Lipinski definition) is 6. The van der Waals surface area contributed by atoms with Crippen molar-refractivity contribution in [2.24, 2.45) is 0 Å². The summed E-state index contributed by atoms with van der Waals surface area (Å²) < 4.78 is 12.8. The molecule has 0 aliphatic carbocycles. The molecule has 0 radical (unpaired) electrons. The quantitative estimate of drug-likeness (QED) is 0.312. The van der Waals surface area contributed by atoms with Crippen LogP contribution in [0.2, 0.25) is 0 Å². The van der Waals surface area contributed by atoms with E-state index < -0.39 is 24.5 Å². The van der Waals surface area contributed by atoms with E-state index >= 15 is 0 Å². The lowest BCUT2D eigenvalue weighted by Gasteiger charge is -2.12. The zero-order valence-corrected chi connectivity index (χ0v) is 18.6. The third-order valence-electron chi connectivity index (χ3n) is 6.06. The Balaban J connectivity index is 1.86. The summed E-state index contributed by atoms with van der Waals surface area (Å²) in [5, 5.41) is 23.3. The van der Waals surface area contributed by atoms with E-state index in [9.17, 15) is 19.8 Å². The highest BCUT2D eigenvalue weighted by Gasteiger charge is 2.36. The van der Waals surface area contributed by atoms with E-state index in [-0.39, 0.29) is 17.7 Å². The maximum atomic E-state index is 13.1. The van der Waals surface area contributed by atoms with Gasteiger partial charge in [0.2, 0.25) is 0 Å². The summed E-state index contributed by atoms with van der Waals surface area (Å²) >= 11 is 0. The lowest BCUT2D eigenvalue weighted by atomic mass is 9.95. The van der Waals surface area contributed by atoms with Gasteiger partial charge in [0.25, 0.3) is 11.8 Å². The van der Waals surface area contributed by atoms with Crippen molar-refractivity contribution in [3.63, 3.8) is 0 Å². The number of carbonyl (C=O) groups excluding carboxylic acids is 2. The van der Waals surface area contributed by atoms with E-state index in [1.807, 2.05) is 24.3 Å². The number of carbonyl (C=O) groups is 2. The average molecular weight is 461 g/mol. The fourth-order valence-corrected chi connectivity index (χ4v) is 4.58. The highest BCUT2D eigenvalue weighted by molar-refractivity contribution is 6.51. The Bertz CT molecular complexity index is 1480. The molecular weight excluding hydrogens is 438 g/mol. The number of aliphatic hydroxyl groups is 2. The molecular formula is C25H23N3O6. The predicted octanol–water partition coefficient (Wildman–Crippen LogP) is 2.06. The number of para-hydroxylation sites is 1. The Hall–Kier alpha value is -4.08. The number of imide groups is 1. The third-order valence-corrected chi connectivity index (χ3v) is 6.06. The summed E-state index contributed by atoms with van der Waals surface area (Å²) in [5.74, 6) is -0.180. The third kappa shape index (κ3) is 3.25. The summed E-state index contributed by atoms with van der Waals surface area (Å²) in [7, 11) is 3.01. The Morgan fingerprint density at radius 3 is 2.44 bits per heavy atom. The highest BCUT2D eigenvalue weighted by atomic mass is 16.5. The Kier molecular flexibility index (Phi) is 5.35. The van der Waals surface area contributed by atoms with Crippen molar-refractivity contribution in [2.75, 3.05) is 20.8 Å². The highest BCUT2D eigenvalue weighted by Crippen LogP contribution is 2.44. The minimum absolute atomic E-state index is 0.0771. The molecule has 0 saturated heterocycles. The van der Waals surface area contributed by atoms with Crippen LogP contribution < -0.4 is 14.8 Å². The largest absolute Gasteiger partial charge is 0.493 e. The number of aromatic nitrogens is 2. The number of nitrogens with one attached hydrogen (secondary N) is 2. The van der Waals surface area contributed by atoms with Gasteiger partial charge in [0.1, 0.15) is 0 Å². The molecule has 9 nitrogen and oxygen atoms in total. The van der Waals surface area contributed by atoms with E-state index in [0.29, 0.717) is 33.5 Å². The van der Waals surface area contributed by atoms with Crippen LogP contribution in [0.1, 0.15) is 11.1 Å². The van der Waals surface area contributed by atoms with Crippen LogP contribution >= 0.6 is 0 Å². The molecule has 0 bridgehead atoms. The van der Waals surface area contributed by atoms with Crippen LogP contribution in [-0.2, 0) is 16.1 Å². The summed E-state index contributed by atoms with van der Waals surface area (Å²) in [6, 6.07) is 11.0. The van der Waals surface area contributed by atoms with Gasteiger partial charge < -0.3 is 29.2 Å². The van der Waals surface area contributed by atoms with Gasteiger partial charge in [-0.25, -0.2) is 0 Å². The average Bonchev–Trinajstić information content (AvgIpc) is 3.51. The molecule has 3 heterocycles. The first-order chi connectivity index (χ1) is 16.5. The summed E-state index contributed by atoms with van der Waals surface area (Å²) in [6.07, 6.45) is 2.39. The molecule has 1 unspecified atom stereocenters. The predicted molar refractivity (Wildman–Crippen MR) is 126 cm³/mol. The standard InChI is InChI=1S/C25H23N3O6/c1-33-19-8-7-18-20(23(19)34-2)16(11-28(18)10-13(30)12-29)22-21(24(31)27-25(22)32)15-9-26-17-6-4-3-5-14(15)17/h3-9,11,13,26,29-30H,10,12H2,1-2H3,(H,27,31,32). The minimum atomic E-state index is -1.02. The summed E-state index contributed by atoms with van der Waals surface area (Å²) in [5.41, 5.74) is 2.99. The molecule has 5 rings (SSSR count). The van der Waals surface area contributed by atoms with E-state index in [1.54, 1.807) is 29.1 Å². The monoisotopic (exact) mass is 461 g/mol. The van der Waals surface area contributed by atoms with Gasteiger partial charge in [-0.2, -0.15) is 0 Å². The van der Waals surface area contributed by atoms with Crippen molar-refractivity contribution in [3.8, 4) is 11.5 Å². The molecule has 2 aromatic heterocycles. The topological polar surface area (TPSA) is 126 Å². The first kappa shape index (κ1) is 21.7. The van der Waals surface area contributed by atoms with Crippen molar-refractivity contribution in [1.82, 2.24) is 14.9 Å². The lowest BCUT2D eigenvalue weighted by molar-refractivity contribution is -0.122. The van der Waals surface area contributed by atoms with E-state index in [0.717, 1.165) is 10.9 Å². The second kappa shape index (κ2) is 8.36. The van der Waals surface area contributed by atoms with E-state index in [2.05, 4.69) is 10.3 Å². The molecule has 2 amide bonds. The van der Waals surface area contributed by atoms with Gasteiger partial charge in [0.05, 0.1) is 55.5 Å². The Morgan fingerprint density at radius 1 is 1.00 bits per heavy atom. The molecule has 2 aromatic carbocycles. The van der Waals surface area contributed by atoms with Gasteiger partial charge in [-0.15, -0.1) is 0 Å². The van der Waals surface area contributed by atoms with Gasteiger partial charge in [0, 0.05) is 34.4 Å². The lowest BCUT2D eigenvalue weighted by Crippen LogP contribution is -2.22. The molecule has 0 saturated carbocycles. The van der Waals surface area contributed by atoms with Crippen LogP contribution in [-0.4, -0.2) is 58.5 Å². The Labute approximate surface area is 194 Å².